The third kappa shape index (κ3) is 2.54. The second-order valence-electron chi connectivity index (χ2n) is 4.27. The van der Waals surface area contributed by atoms with Crippen molar-refractivity contribution in [1.29, 1.82) is 0 Å². The van der Waals surface area contributed by atoms with Crippen molar-refractivity contribution in [3.63, 3.8) is 0 Å². The maximum absolute atomic E-state index is 4.55. The number of benzene rings is 1. The fourth-order valence-electron chi connectivity index (χ4n) is 1.82. The smallest absolute Gasteiger partial charge is 0.0311 e. The fourth-order valence-corrected chi connectivity index (χ4v) is 2.64. The van der Waals surface area contributed by atoms with E-state index in [0.29, 0.717) is 0 Å². The molecule has 0 nitrogen and oxygen atoms in total. The van der Waals surface area contributed by atoms with Gasteiger partial charge in [-0.3, -0.25) is 0 Å². The second-order valence-corrected chi connectivity index (χ2v) is 5.57. The molecular formula is C12H17BrS. The van der Waals surface area contributed by atoms with Crippen molar-refractivity contribution in [1.82, 2.24) is 0 Å². The minimum Gasteiger partial charge on any atom is -0.142 e. The van der Waals surface area contributed by atoms with Gasteiger partial charge >= 0.3 is 0 Å². The largest absolute Gasteiger partial charge is 0.142 e. The summed E-state index contributed by atoms with van der Waals surface area (Å²) in [7, 11) is 0. The second kappa shape index (κ2) is 4.71. The first kappa shape index (κ1) is 12.1. The van der Waals surface area contributed by atoms with Crippen LogP contribution in [0.1, 0.15) is 39.2 Å². The third-order valence-electron chi connectivity index (χ3n) is 2.59. The molecule has 0 spiro atoms. The van der Waals surface area contributed by atoms with Gasteiger partial charge in [0.1, 0.15) is 0 Å². The maximum Gasteiger partial charge on any atom is 0.0311 e. The van der Waals surface area contributed by atoms with Crippen LogP contribution in [0.25, 0.3) is 0 Å². The summed E-state index contributed by atoms with van der Waals surface area (Å²) in [5.74, 6) is 0. The van der Waals surface area contributed by atoms with Crippen LogP contribution in [0.4, 0.5) is 0 Å². The lowest BCUT2D eigenvalue weighted by molar-refractivity contribution is 0.465. The summed E-state index contributed by atoms with van der Waals surface area (Å²) in [6.07, 6.45) is 2.39. The predicted molar refractivity (Wildman–Crippen MR) is 69.3 cm³/mol. The fraction of sp³-hybridized carbons (Fsp3) is 0.500. The predicted octanol–water partition coefficient (Wildman–Crippen LogP) is 4.82. The first-order valence-electron chi connectivity index (χ1n) is 4.97. The molecule has 78 valence electrons. The maximum atomic E-state index is 4.55. The van der Waals surface area contributed by atoms with E-state index < -0.39 is 0 Å². The van der Waals surface area contributed by atoms with E-state index in [-0.39, 0.29) is 5.41 Å². The summed E-state index contributed by atoms with van der Waals surface area (Å²) in [6.45, 7) is 6.77. The summed E-state index contributed by atoms with van der Waals surface area (Å²) < 4.78 is 1.09. The molecule has 0 aromatic heterocycles. The molecule has 0 aliphatic heterocycles. The van der Waals surface area contributed by atoms with E-state index in [1.54, 1.807) is 0 Å². The van der Waals surface area contributed by atoms with E-state index in [1.165, 1.54) is 18.4 Å². The molecule has 0 bridgehead atoms. The molecule has 1 aromatic rings. The van der Waals surface area contributed by atoms with Crippen LogP contribution in [-0.4, -0.2) is 0 Å². The summed E-state index contributed by atoms with van der Waals surface area (Å²) >= 11 is 8.06. The van der Waals surface area contributed by atoms with Crippen molar-refractivity contribution in [2.24, 2.45) is 0 Å². The molecule has 0 heterocycles. The number of hydrogen-bond acceptors (Lipinski definition) is 1. The average Bonchev–Trinajstić information content (AvgIpc) is 2.09. The van der Waals surface area contributed by atoms with E-state index >= 15 is 0 Å². The van der Waals surface area contributed by atoms with Gasteiger partial charge < -0.3 is 0 Å². The highest BCUT2D eigenvalue weighted by atomic mass is 79.9. The first-order valence-corrected chi connectivity index (χ1v) is 6.21. The van der Waals surface area contributed by atoms with Crippen molar-refractivity contribution in [3.05, 3.63) is 28.2 Å². The Labute approximate surface area is 101 Å². The van der Waals surface area contributed by atoms with Gasteiger partial charge in [0.2, 0.25) is 0 Å². The molecule has 0 saturated heterocycles. The molecule has 0 N–H and O–H groups in total. The van der Waals surface area contributed by atoms with E-state index in [1.807, 2.05) is 6.07 Å². The molecule has 14 heavy (non-hydrogen) atoms. The van der Waals surface area contributed by atoms with Gasteiger partial charge in [-0.15, -0.1) is 12.6 Å². The lowest BCUT2D eigenvalue weighted by Crippen LogP contribution is -2.17. The Balaban J connectivity index is 3.12. The Bertz CT molecular complexity index is 318. The molecule has 1 rings (SSSR count). The van der Waals surface area contributed by atoms with Crippen LogP contribution < -0.4 is 0 Å². The molecule has 0 atom stereocenters. The topological polar surface area (TPSA) is 0 Å². The quantitative estimate of drug-likeness (QED) is 0.750. The normalized spacial score (nSPS) is 11.8. The number of halogens is 1. The number of rotatable bonds is 3. The Kier molecular flexibility index (Phi) is 4.08. The van der Waals surface area contributed by atoms with Gasteiger partial charge in [0, 0.05) is 9.37 Å². The molecule has 1 aromatic carbocycles. The van der Waals surface area contributed by atoms with E-state index in [0.717, 1.165) is 9.37 Å². The van der Waals surface area contributed by atoms with Crippen molar-refractivity contribution in [3.8, 4) is 0 Å². The SMILES string of the molecule is CCCC(C)(C)c1cccc(Br)c1S. The van der Waals surface area contributed by atoms with Crippen LogP contribution in [0.2, 0.25) is 0 Å². The van der Waals surface area contributed by atoms with Crippen molar-refractivity contribution < 1.29 is 0 Å². The first-order chi connectivity index (χ1) is 6.49. The van der Waals surface area contributed by atoms with Gasteiger partial charge in [-0.2, -0.15) is 0 Å². The summed E-state index contributed by atoms with van der Waals surface area (Å²) in [4.78, 5) is 1.07. The van der Waals surface area contributed by atoms with E-state index in [2.05, 4.69) is 61.5 Å². The number of hydrogen-bond donors (Lipinski definition) is 1. The molecule has 2 heteroatoms. The van der Waals surface area contributed by atoms with Crippen LogP contribution in [0, 0.1) is 0 Å². The molecule has 0 amide bonds. The van der Waals surface area contributed by atoms with Crippen LogP contribution >= 0.6 is 28.6 Å². The van der Waals surface area contributed by atoms with Crippen LogP contribution in [-0.2, 0) is 5.41 Å². The Morgan fingerprint density at radius 2 is 2.00 bits per heavy atom. The van der Waals surface area contributed by atoms with Gasteiger partial charge in [-0.05, 0) is 39.4 Å². The van der Waals surface area contributed by atoms with Gasteiger partial charge in [-0.1, -0.05) is 39.3 Å². The highest BCUT2D eigenvalue weighted by Gasteiger charge is 2.22. The zero-order valence-electron chi connectivity index (χ0n) is 8.97. The summed E-state index contributed by atoms with van der Waals surface area (Å²) in [5.41, 5.74) is 1.55. The van der Waals surface area contributed by atoms with Gasteiger partial charge in [0.25, 0.3) is 0 Å². The molecule has 0 fully saturated rings. The van der Waals surface area contributed by atoms with Gasteiger partial charge in [0.05, 0.1) is 0 Å². The summed E-state index contributed by atoms with van der Waals surface area (Å²) in [6, 6.07) is 6.28. The number of thiol groups is 1. The van der Waals surface area contributed by atoms with Crippen molar-refractivity contribution in [2.45, 2.75) is 43.9 Å². The van der Waals surface area contributed by atoms with E-state index in [9.17, 15) is 0 Å². The minimum absolute atomic E-state index is 0.218. The molecule has 0 radical (unpaired) electrons. The average molecular weight is 273 g/mol. The molecule has 0 aliphatic rings. The summed E-state index contributed by atoms with van der Waals surface area (Å²) in [5, 5.41) is 0. The lowest BCUT2D eigenvalue weighted by Gasteiger charge is -2.26. The molecular weight excluding hydrogens is 256 g/mol. The third-order valence-corrected chi connectivity index (χ3v) is 4.04. The van der Waals surface area contributed by atoms with Crippen LogP contribution in [0.3, 0.4) is 0 Å². The monoisotopic (exact) mass is 272 g/mol. The highest BCUT2D eigenvalue weighted by Crippen LogP contribution is 2.35. The Morgan fingerprint density at radius 1 is 1.36 bits per heavy atom. The lowest BCUT2D eigenvalue weighted by atomic mass is 9.81. The van der Waals surface area contributed by atoms with Crippen molar-refractivity contribution >= 4 is 28.6 Å². The van der Waals surface area contributed by atoms with Crippen molar-refractivity contribution in [2.75, 3.05) is 0 Å². The molecule has 0 saturated carbocycles. The Morgan fingerprint density at radius 3 is 2.57 bits per heavy atom. The standard InChI is InChI=1S/C12H17BrS/c1-4-8-12(2,3)9-6-5-7-10(13)11(9)14/h5-7,14H,4,8H2,1-3H3. The van der Waals surface area contributed by atoms with Crippen LogP contribution in [0.5, 0.6) is 0 Å². The molecule has 0 unspecified atom stereocenters. The zero-order valence-corrected chi connectivity index (χ0v) is 11.5. The Hall–Kier alpha value is 0.0500. The van der Waals surface area contributed by atoms with E-state index in [4.69, 9.17) is 0 Å². The van der Waals surface area contributed by atoms with Crippen LogP contribution in [0.15, 0.2) is 27.6 Å². The minimum atomic E-state index is 0.218. The van der Waals surface area contributed by atoms with Gasteiger partial charge in [0.15, 0.2) is 0 Å². The molecule has 0 aliphatic carbocycles. The van der Waals surface area contributed by atoms with Gasteiger partial charge in [-0.25, -0.2) is 0 Å². The highest BCUT2D eigenvalue weighted by molar-refractivity contribution is 9.10. The zero-order chi connectivity index (χ0) is 10.8.